The minimum absolute atomic E-state index is 0.128. The number of nitrogens with one attached hydrogen (secondary N) is 1. The quantitative estimate of drug-likeness (QED) is 0.657. The summed E-state index contributed by atoms with van der Waals surface area (Å²) in [5, 5.41) is 8.15. The van der Waals surface area contributed by atoms with Gasteiger partial charge in [0.25, 0.3) is 5.91 Å². The maximum absolute atomic E-state index is 13.3. The minimum atomic E-state index is -0.350. The Morgan fingerprint density at radius 2 is 2.20 bits per heavy atom. The molecule has 1 N–H and O–H groups in total. The third-order valence-electron chi connectivity index (χ3n) is 2.43. The van der Waals surface area contributed by atoms with Gasteiger partial charge in [0, 0.05) is 17.0 Å². The zero-order chi connectivity index (χ0) is 14.2. The van der Waals surface area contributed by atoms with Crippen molar-refractivity contribution in [3.05, 3.63) is 58.0 Å². The molecule has 0 aliphatic carbocycles. The van der Waals surface area contributed by atoms with Gasteiger partial charge in [-0.2, -0.15) is 0 Å². The van der Waals surface area contributed by atoms with E-state index in [0.29, 0.717) is 5.56 Å². The number of hydrogen-bond acceptors (Lipinski definition) is 4. The Bertz CT molecular complexity index is 585. The molecule has 0 saturated carbocycles. The molecule has 0 radical (unpaired) electrons. The maximum Gasteiger partial charge on any atom is 0.261 e. The number of halogens is 1. The monoisotopic (exact) mass is 292 g/mol. The summed E-state index contributed by atoms with van der Waals surface area (Å²) in [5.41, 5.74) is 0.433. The summed E-state index contributed by atoms with van der Waals surface area (Å²) in [7, 11) is 0. The highest BCUT2D eigenvalue weighted by Gasteiger charge is 2.04. The molecule has 20 heavy (non-hydrogen) atoms. The molecule has 104 valence electrons. The predicted octanol–water partition coefficient (Wildman–Crippen LogP) is 2.55. The Morgan fingerprint density at radius 3 is 2.95 bits per heavy atom. The second-order valence-corrected chi connectivity index (χ2v) is 4.87. The molecular weight excluding hydrogens is 279 g/mol. The Morgan fingerprint density at radius 1 is 1.35 bits per heavy atom. The summed E-state index contributed by atoms with van der Waals surface area (Å²) in [6.45, 7) is -0.0696. The number of oxime groups is 1. The zero-order valence-corrected chi connectivity index (χ0v) is 11.4. The predicted molar refractivity (Wildman–Crippen MR) is 76.1 cm³/mol. The number of thiophene rings is 1. The van der Waals surface area contributed by atoms with Crippen LogP contribution in [0.25, 0.3) is 0 Å². The van der Waals surface area contributed by atoms with Gasteiger partial charge >= 0.3 is 0 Å². The summed E-state index contributed by atoms with van der Waals surface area (Å²) in [5.74, 6) is -0.694. The van der Waals surface area contributed by atoms with E-state index < -0.39 is 0 Å². The molecule has 0 bridgehead atoms. The van der Waals surface area contributed by atoms with Crippen LogP contribution in [-0.2, 0) is 16.2 Å². The van der Waals surface area contributed by atoms with Crippen LogP contribution in [0.4, 0.5) is 4.39 Å². The molecule has 0 spiro atoms. The molecule has 2 rings (SSSR count). The van der Waals surface area contributed by atoms with Crippen LogP contribution in [0.2, 0.25) is 0 Å². The zero-order valence-electron chi connectivity index (χ0n) is 10.6. The highest BCUT2D eigenvalue weighted by atomic mass is 32.1. The molecule has 2 aromatic rings. The molecule has 1 heterocycles. The van der Waals surface area contributed by atoms with Gasteiger partial charge in [0.15, 0.2) is 6.61 Å². The number of amides is 1. The van der Waals surface area contributed by atoms with Crippen LogP contribution in [0, 0.1) is 5.82 Å². The average Bonchev–Trinajstić information content (AvgIpc) is 2.96. The Labute approximate surface area is 119 Å². The number of nitrogens with zero attached hydrogens (tertiary/aromatic N) is 1. The first-order valence-electron chi connectivity index (χ1n) is 5.94. The maximum atomic E-state index is 13.3. The Balaban J connectivity index is 1.69. The van der Waals surface area contributed by atoms with Crippen LogP contribution in [0.15, 0.2) is 46.9 Å². The second kappa shape index (κ2) is 7.40. The normalized spacial score (nSPS) is 10.7. The minimum Gasteiger partial charge on any atom is -0.386 e. The molecule has 1 aromatic heterocycles. The number of hydrogen-bond donors (Lipinski definition) is 1. The summed E-state index contributed by atoms with van der Waals surface area (Å²) in [6, 6.07) is 10.1. The SMILES string of the molecule is O=C(CO/N=C/c1cccs1)NCc1ccccc1F. The molecule has 0 atom stereocenters. The number of carbonyl (C=O) groups is 1. The fourth-order valence-electron chi connectivity index (χ4n) is 1.44. The van der Waals surface area contributed by atoms with Gasteiger partial charge in [-0.05, 0) is 17.5 Å². The summed E-state index contributed by atoms with van der Waals surface area (Å²) < 4.78 is 13.3. The number of carbonyl (C=O) groups excluding carboxylic acids is 1. The molecular formula is C14H13FN2O2S. The van der Waals surface area contributed by atoms with Crippen molar-refractivity contribution in [1.82, 2.24) is 5.32 Å². The Hall–Kier alpha value is -2.21. The third kappa shape index (κ3) is 4.47. The average molecular weight is 292 g/mol. The van der Waals surface area contributed by atoms with Gasteiger partial charge in [0.2, 0.25) is 0 Å². The smallest absolute Gasteiger partial charge is 0.261 e. The van der Waals surface area contributed by atoms with Gasteiger partial charge in [-0.25, -0.2) is 4.39 Å². The molecule has 0 aliphatic rings. The molecule has 6 heteroatoms. The molecule has 1 aromatic carbocycles. The Kier molecular flexibility index (Phi) is 5.25. The van der Waals surface area contributed by atoms with Gasteiger partial charge in [-0.15, -0.1) is 11.3 Å². The van der Waals surface area contributed by atoms with E-state index in [1.54, 1.807) is 18.2 Å². The first-order valence-corrected chi connectivity index (χ1v) is 6.82. The summed E-state index contributed by atoms with van der Waals surface area (Å²) in [4.78, 5) is 17.3. The van der Waals surface area contributed by atoms with Crippen molar-refractivity contribution in [2.24, 2.45) is 5.16 Å². The van der Waals surface area contributed by atoms with Crippen LogP contribution >= 0.6 is 11.3 Å². The topological polar surface area (TPSA) is 50.7 Å². The summed E-state index contributed by atoms with van der Waals surface area (Å²) >= 11 is 1.52. The van der Waals surface area contributed by atoms with Crippen molar-refractivity contribution in [1.29, 1.82) is 0 Å². The van der Waals surface area contributed by atoms with E-state index in [0.717, 1.165) is 4.88 Å². The third-order valence-corrected chi connectivity index (χ3v) is 3.23. The van der Waals surface area contributed by atoms with Gasteiger partial charge in [-0.3, -0.25) is 4.79 Å². The van der Waals surface area contributed by atoms with Crippen LogP contribution in [0.3, 0.4) is 0 Å². The van der Waals surface area contributed by atoms with E-state index in [-0.39, 0.29) is 24.9 Å². The lowest BCUT2D eigenvalue weighted by molar-refractivity contribution is -0.125. The molecule has 0 unspecified atom stereocenters. The first kappa shape index (κ1) is 14.2. The lowest BCUT2D eigenvalue weighted by Gasteiger charge is -2.05. The van der Waals surface area contributed by atoms with Crippen LogP contribution in [-0.4, -0.2) is 18.7 Å². The standard InChI is InChI=1S/C14H13FN2O2S/c15-13-6-2-1-4-11(13)8-16-14(18)10-19-17-9-12-5-3-7-20-12/h1-7,9H,8,10H2,(H,16,18)/b17-9+. The van der Waals surface area contributed by atoms with E-state index in [1.165, 1.54) is 23.6 Å². The van der Waals surface area contributed by atoms with Crippen molar-refractivity contribution < 1.29 is 14.0 Å². The van der Waals surface area contributed by atoms with E-state index in [2.05, 4.69) is 10.5 Å². The molecule has 0 saturated heterocycles. The van der Waals surface area contributed by atoms with Gasteiger partial charge in [-0.1, -0.05) is 29.4 Å². The van der Waals surface area contributed by atoms with Crippen LogP contribution < -0.4 is 5.32 Å². The van der Waals surface area contributed by atoms with Crippen molar-refractivity contribution >= 4 is 23.5 Å². The highest BCUT2D eigenvalue weighted by molar-refractivity contribution is 7.11. The lowest BCUT2D eigenvalue weighted by Crippen LogP contribution is -2.26. The van der Waals surface area contributed by atoms with Crippen molar-refractivity contribution in [2.75, 3.05) is 6.61 Å². The fraction of sp³-hybridized carbons (Fsp3) is 0.143. The van der Waals surface area contributed by atoms with Crippen molar-refractivity contribution in [3.8, 4) is 0 Å². The van der Waals surface area contributed by atoms with E-state index in [4.69, 9.17) is 4.84 Å². The first-order chi connectivity index (χ1) is 9.75. The van der Waals surface area contributed by atoms with Crippen LogP contribution in [0.1, 0.15) is 10.4 Å². The molecule has 4 nitrogen and oxygen atoms in total. The highest BCUT2D eigenvalue weighted by Crippen LogP contribution is 2.05. The van der Waals surface area contributed by atoms with Gasteiger partial charge in [0.1, 0.15) is 5.82 Å². The molecule has 1 amide bonds. The number of benzene rings is 1. The molecule has 0 aliphatic heterocycles. The lowest BCUT2D eigenvalue weighted by atomic mass is 10.2. The molecule has 0 fully saturated rings. The van der Waals surface area contributed by atoms with Gasteiger partial charge in [0.05, 0.1) is 6.21 Å². The fourth-order valence-corrected chi connectivity index (χ4v) is 2.01. The number of rotatable bonds is 6. The second-order valence-electron chi connectivity index (χ2n) is 3.89. The van der Waals surface area contributed by atoms with E-state index in [9.17, 15) is 9.18 Å². The summed E-state index contributed by atoms with van der Waals surface area (Å²) in [6.07, 6.45) is 1.54. The van der Waals surface area contributed by atoms with Crippen molar-refractivity contribution in [2.45, 2.75) is 6.54 Å². The largest absolute Gasteiger partial charge is 0.386 e. The van der Waals surface area contributed by atoms with Crippen molar-refractivity contribution in [3.63, 3.8) is 0 Å². The van der Waals surface area contributed by atoms with E-state index in [1.807, 2.05) is 17.5 Å². The van der Waals surface area contributed by atoms with Crippen LogP contribution in [0.5, 0.6) is 0 Å². The van der Waals surface area contributed by atoms with Gasteiger partial charge < -0.3 is 10.2 Å². The van der Waals surface area contributed by atoms with E-state index >= 15 is 0 Å².